The van der Waals surface area contributed by atoms with Gasteiger partial charge < -0.3 is 33.8 Å². The minimum absolute atomic E-state index is 0.108. The molecule has 5 atom stereocenters. The van der Waals surface area contributed by atoms with Crippen molar-refractivity contribution in [1.29, 1.82) is 0 Å². The summed E-state index contributed by atoms with van der Waals surface area (Å²) in [6, 6.07) is 0. The predicted molar refractivity (Wildman–Crippen MR) is 400 cm³/mol. The van der Waals surface area contributed by atoms with Crippen LogP contribution in [0.4, 0.5) is 0 Å². The average Bonchev–Trinajstić information content (AvgIpc) is 1.05. The first-order valence-electron chi connectivity index (χ1n) is 41.1. The number of carbonyl (C=O) groups is 4. The third kappa shape index (κ3) is 72.4. The summed E-state index contributed by atoms with van der Waals surface area (Å²) in [4.78, 5) is 72.8. The summed E-state index contributed by atoms with van der Waals surface area (Å²) in [5.74, 6) is -1.33. The second-order valence-electron chi connectivity index (χ2n) is 28.9. The van der Waals surface area contributed by atoms with Crippen LogP contribution in [0.5, 0.6) is 0 Å². The molecular formula is C79H154O17P2. The van der Waals surface area contributed by atoms with Gasteiger partial charge in [-0.15, -0.1) is 0 Å². The van der Waals surface area contributed by atoms with E-state index in [0.717, 1.165) is 95.8 Å². The molecule has 2 unspecified atom stereocenters. The van der Waals surface area contributed by atoms with Crippen LogP contribution in [0.1, 0.15) is 420 Å². The number of rotatable bonds is 79. The molecule has 0 aliphatic carbocycles. The standard InChI is InChI=1S/C79H154O17P2/c1-6-9-12-15-18-21-23-25-26-27-28-29-30-31-32-33-34-40-45-50-55-60-65-79(84)96-75(69-90-77(82)63-58-53-48-43-39-36-35-37-42-46-51-56-61-72(4)5)71-94-98(87,88)92-67-73(80)66-91-97(85,86)93-70-74(68-89-76(81)62-57-52-47-41-20-17-14-11-8-3)95-78(83)64-59-54-49-44-38-24-22-19-16-13-10-7-2/h72-75,80H,6-71H2,1-5H3,(H,85,86)(H,87,88)/t73-,74+,75+/m0/s1. The second kappa shape index (κ2) is 72.0. The zero-order valence-electron chi connectivity index (χ0n) is 63.9. The first kappa shape index (κ1) is 96.1. The molecule has 0 radical (unpaired) electrons. The van der Waals surface area contributed by atoms with Crippen LogP contribution in [-0.4, -0.2) is 96.7 Å². The molecule has 582 valence electrons. The van der Waals surface area contributed by atoms with E-state index >= 15 is 0 Å². The van der Waals surface area contributed by atoms with Gasteiger partial charge in [0.2, 0.25) is 0 Å². The number of carbonyl (C=O) groups excluding carboxylic acids is 4. The van der Waals surface area contributed by atoms with Crippen molar-refractivity contribution in [3.05, 3.63) is 0 Å². The normalized spacial score (nSPS) is 13.9. The van der Waals surface area contributed by atoms with Crippen LogP contribution < -0.4 is 0 Å². The molecule has 0 aliphatic heterocycles. The average molecular weight is 1440 g/mol. The van der Waals surface area contributed by atoms with Crippen LogP contribution in [0.2, 0.25) is 0 Å². The van der Waals surface area contributed by atoms with Gasteiger partial charge in [-0.3, -0.25) is 37.3 Å². The van der Waals surface area contributed by atoms with Crippen molar-refractivity contribution in [3.63, 3.8) is 0 Å². The molecule has 0 aromatic rings. The quantitative estimate of drug-likeness (QED) is 0.0222. The summed E-state index contributed by atoms with van der Waals surface area (Å²) < 4.78 is 68.6. The highest BCUT2D eigenvalue weighted by atomic mass is 31.2. The summed E-state index contributed by atoms with van der Waals surface area (Å²) in [7, 11) is -9.91. The number of ether oxygens (including phenoxy) is 4. The highest BCUT2D eigenvalue weighted by Gasteiger charge is 2.30. The third-order valence-electron chi connectivity index (χ3n) is 18.5. The van der Waals surface area contributed by atoms with Gasteiger partial charge in [0.05, 0.1) is 26.4 Å². The van der Waals surface area contributed by atoms with Crippen LogP contribution in [0.15, 0.2) is 0 Å². The Hall–Kier alpha value is -1.94. The number of phosphoric ester groups is 2. The van der Waals surface area contributed by atoms with Crippen molar-refractivity contribution in [3.8, 4) is 0 Å². The Balaban J connectivity index is 5.18. The van der Waals surface area contributed by atoms with Crippen LogP contribution in [-0.2, 0) is 65.4 Å². The van der Waals surface area contributed by atoms with Crippen LogP contribution in [0.3, 0.4) is 0 Å². The van der Waals surface area contributed by atoms with Gasteiger partial charge in [0.15, 0.2) is 12.2 Å². The number of hydrogen-bond acceptors (Lipinski definition) is 15. The van der Waals surface area contributed by atoms with Gasteiger partial charge in [-0.2, -0.15) is 0 Å². The fourth-order valence-corrected chi connectivity index (χ4v) is 13.8. The van der Waals surface area contributed by atoms with Crippen molar-refractivity contribution < 1.29 is 80.2 Å². The van der Waals surface area contributed by atoms with Gasteiger partial charge in [-0.05, 0) is 31.6 Å². The molecular weight excluding hydrogens is 1280 g/mol. The molecule has 19 heteroatoms. The van der Waals surface area contributed by atoms with Gasteiger partial charge in [0, 0.05) is 25.7 Å². The van der Waals surface area contributed by atoms with Crippen molar-refractivity contribution in [2.24, 2.45) is 5.92 Å². The molecule has 0 heterocycles. The number of phosphoric acid groups is 2. The van der Waals surface area contributed by atoms with Crippen molar-refractivity contribution in [1.82, 2.24) is 0 Å². The number of esters is 4. The molecule has 0 fully saturated rings. The fraction of sp³-hybridized carbons (Fsp3) is 0.949. The summed E-state index contributed by atoms with van der Waals surface area (Å²) in [6.45, 7) is 7.30. The minimum atomic E-state index is -4.96. The Morgan fingerprint density at radius 1 is 0.276 bits per heavy atom. The molecule has 0 spiro atoms. The fourth-order valence-electron chi connectivity index (χ4n) is 12.2. The molecule has 0 aliphatic rings. The summed E-state index contributed by atoms with van der Waals surface area (Å²) >= 11 is 0. The largest absolute Gasteiger partial charge is 0.472 e. The minimum Gasteiger partial charge on any atom is -0.462 e. The van der Waals surface area contributed by atoms with Crippen LogP contribution in [0.25, 0.3) is 0 Å². The van der Waals surface area contributed by atoms with E-state index in [1.807, 2.05) is 0 Å². The third-order valence-corrected chi connectivity index (χ3v) is 20.4. The number of hydrogen-bond donors (Lipinski definition) is 3. The number of aliphatic hydroxyl groups is 1. The van der Waals surface area contributed by atoms with Crippen LogP contribution >= 0.6 is 15.6 Å². The van der Waals surface area contributed by atoms with E-state index in [1.54, 1.807) is 0 Å². The zero-order chi connectivity index (χ0) is 71.9. The second-order valence-corrected chi connectivity index (χ2v) is 31.8. The Morgan fingerprint density at radius 2 is 0.469 bits per heavy atom. The molecule has 0 bridgehead atoms. The van der Waals surface area contributed by atoms with E-state index in [2.05, 4.69) is 34.6 Å². The monoisotopic (exact) mass is 1440 g/mol. The van der Waals surface area contributed by atoms with Gasteiger partial charge in [0.25, 0.3) is 0 Å². The van der Waals surface area contributed by atoms with Gasteiger partial charge in [-0.25, -0.2) is 9.13 Å². The SMILES string of the molecule is CCCCCCCCCCCCCCCCCCCCCCCCC(=O)O[C@H](COC(=O)CCCCCCCCCCCCCCC(C)C)COP(=O)(O)OC[C@@H](O)COP(=O)(O)OC[C@@H](COC(=O)CCCCCCCCCCC)OC(=O)CCCCCCCCCCCCCC. The van der Waals surface area contributed by atoms with E-state index in [9.17, 15) is 43.2 Å². The lowest BCUT2D eigenvalue weighted by Gasteiger charge is -2.21. The van der Waals surface area contributed by atoms with E-state index in [-0.39, 0.29) is 25.7 Å². The Kier molecular flexibility index (Phi) is 70.6. The first-order chi connectivity index (χ1) is 47.5. The topological polar surface area (TPSA) is 237 Å². The Bertz CT molecular complexity index is 1870. The maximum absolute atomic E-state index is 13.1. The molecule has 0 amide bonds. The highest BCUT2D eigenvalue weighted by molar-refractivity contribution is 7.47. The molecule has 3 N–H and O–H groups in total. The molecule has 0 saturated heterocycles. The van der Waals surface area contributed by atoms with Gasteiger partial charge in [-0.1, -0.05) is 369 Å². The van der Waals surface area contributed by atoms with Crippen molar-refractivity contribution in [2.45, 2.75) is 438 Å². The number of unbranched alkanes of at least 4 members (excludes halogenated alkanes) is 51. The van der Waals surface area contributed by atoms with Crippen molar-refractivity contribution in [2.75, 3.05) is 39.6 Å². The van der Waals surface area contributed by atoms with Crippen LogP contribution in [0, 0.1) is 5.92 Å². The summed E-state index contributed by atoms with van der Waals surface area (Å²) in [5.41, 5.74) is 0. The summed E-state index contributed by atoms with van der Waals surface area (Å²) in [6.07, 6.45) is 62.5. The lowest BCUT2D eigenvalue weighted by atomic mass is 10.0. The maximum atomic E-state index is 13.1. The maximum Gasteiger partial charge on any atom is 0.472 e. The highest BCUT2D eigenvalue weighted by Crippen LogP contribution is 2.45. The molecule has 17 nitrogen and oxygen atoms in total. The van der Waals surface area contributed by atoms with E-state index < -0.39 is 97.5 Å². The van der Waals surface area contributed by atoms with Crippen molar-refractivity contribution >= 4 is 39.5 Å². The first-order valence-corrected chi connectivity index (χ1v) is 44.1. The smallest absolute Gasteiger partial charge is 0.462 e. The Labute approximate surface area is 600 Å². The lowest BCUT2D eigenvalue weighted by molar-refractivity contribution is -0.161. The molecule has 0 rings (SSSR count). The summed E-state index contributed by atoms with van der Waals surface area (Å²) in [5, 5.41) is 10.6. The van der Waals surface area contributed by atoms with Gasteiger partial charge in [0.1, 0.15) is 19.3 Å². The number of aliphatic hydroxyl groups excluding tert-OH is 1. The predicted octanol–water partition coefficient (Wildman–Crippen LogP) is 23.6. The Morgan fingerprint density at radius 3 is 0.694 bits per heavy atom. The van der Waals surface area contributed by atoms with E-state index in [0.29, 0.717) is 25.7 Å². The molecule has 0 saturated carbocycles. The molecule has 0 aromatic heterocycles. The van der Waals surface area contributed by atoms with E-state index in [4.69, 9.17) is 37.0 Å². The van der Waals surface area contributed by atoms with Gasteiger partial charge >= 0.3 is 39.5 Å². The molecule has 0 aromatic carbocycles. The molecule has 98 heavy (non-hydrogen) atoms. The zero-order valence-corrected chi connectivity index (χ0v) is 65.7. The van der Waals surface area contributed by atoms with E-state index in [1.165, 1.54) is 244 Å². The lowest BCUT2D eigenvalue weighted by Crippen LogP contribution is -2.30.